The van der Waals surface area contributed by atoms with Crippen molar-refractivity contribution in [1.82, 2.24) is 19.9 Å². The maximum atomic E-state index is 12.9. The summed E-state index contributed by atoms with van der Waals surface area (Å²) in [4.78, 5) is 15.0. The number of nitrogens with two attached hydrogens (primary N) is 1. The molecule has 132 valence electrons. The van der Waals surface area contributed by atoms with Gasteiger partial charge in [-0.25, -0.2) is 4.68 Å². The molecule has 1 amide bonds. The zero-order valence-corrected chi connectivity index (χ0v) is 14.5. The molecule has 2 N–H and O–H groups in total. The largest absolute Gasteiger partial charge is 0.342 e. The van der Waals surface area contributed by atoms with Gasteiger partial charge in [-0.05, 0) is 43.2 Å². The first-order valence-corrected chi connectivity index (χ1v) is 9.21. The average Bonchev–Trinajstić information content (AvgIpc) is 3.16. The van der Waals surface area contributed by atoms with Crippen LogP contribution in [0.25, 0.3) is 0 Å². The van der Waals surface area contributed by atoms with E-state index in [2.05, 4.69) is 39.5 Å². The van der Waals surface area contributed by atoms with Crippen LogP contribution in [0.3, 0.4) is 0 Å². The van der Waals surface area contributed by atoms with E-state index in [9.17, 15) is 4.79 Å². The summed E-state index contributed by atoms with van der Waals surface area (Å²) in [6.07, 6.45) is 6.67. The van der Waals surface area contributed by atoms with E-state index in [1.165, 1.54) is 11.1 Å². The highest BCUT2D eigenvalue weighted by Gasteiger charge is 2.31. The van der Waals surface area contributed by atoms with Crippen LogP contribution in [0.2, 0.25) is 0 Å². The molecule has 1 atom stereocenters. The minimum Gasteiger partial charge on any atom is -0.342 e. The predicted octanol–water partition coefficient (Wildman–Crippen LogP) is 1.71. The Hall–Kier alpha value is -2.21. The monoisotopic (exact) mass is 339 g/mol. The lowest BCUT2D eigenvalue weighted by molar-refractivity contribution is -0.137. The van der Waals surface area contributed by atoms with Gasteiger partial charge in [0, 0.05) is 25.6 Å². The van der Waals surface area contributed by atoms with Crippen molar-refractivity contribution in [2.45, 2.75) is 44.7 Å². The molecule has 6 heteroatoms. The number of hydrogen-bond donors (Lipinski definition) is 1. The molecule has 1 saturated heterocycles. The number of benzene rings is 1. The number of amides is 1. The van der Waals surface area contributed by atoms with Crippen molar-refractivity contribution < 1.29 is 4.79 Å². The summed E-state index contributed by atoms with van der Waals surface area (Å²) in [6.45, 7) is 2.03. The fourth-order valence-electron chi connectivity index (χ4n) is 4.10. The highest BCUT2D eigenvalue weighted by atomic mass is 16.2. The molecule has 1 aromatic carbocycles. The number of aromatic nitrogens is 3. The molecular weight excluding hydrogens is 314 g/mol. The minimum atomic E-state index is 0.140. The van der Waals surface area contributed by atoms with Gasteiger partial charge in [0.1, 0.15) is 0 Å². The van der Waals surface area contributed by atoms with E-state index in [0.717, 1.165) is 50.9 Å². The van der Waals surface area contributed by atoms with Crippen molar-refractivity contribution in [3.05, 3.63) is 47.3 Å². The minimum absolute atomic E-state index is 0.140. The van der Waals surface area contributed by atoms with E-state index in [1.807, 2.05) is 10.9 Å². The van der Waals surface area contributed by atoms with E-state index >= 15 is 0 Å². The third kappa shape index (κ3) is 3.31. The van der Waals surface area contributed by atoms with Gasteiger partial charge in [0.25, 0.3) is 0 Å². The zero-order chi connectivity index (χ0) is 17.2. The fraction of sp³-hybridized carbons (Fsp3) is 0.526. The number of carbonyl (C=O) groups excluding carboxylic acids is 1. The molecule has 1 fully saturated rings. The predicted molar refractivity (Wildman–Crippen MR) is 94.7 cm³/mol. The van der Waals surface area contributed by atoms with Crippen LogP contribution in [0.1, 0.15) is 42.1 Å². The summed E-state index contributed by atoms with van der Waals surface area (Å²) in [5, 5.41) is 8.24. The van der Waals surface area contributed by atoms with Crippen LogP contribution >= 0.6 is 0 Å². The highest BCUT2D eigenvalue weighted by Crippen LogP contribution is 2.29. The summed E-state index contributed by atoms with van der Waals surface area (Å²) >= 11 is 0. The van der Waals surface area contributed by atoms with Crippen LogP contribution in [-0.4, -0.2) is 38.9 Å². The van der Waals surface area contributed by atoms with Crippen molar-refractivity contribution in [2.24, 2.45) is 11.7 Å². The SMILES string of the molecule is NCc1cn(C2CCN(C(=O)C3CCc4ccccc4C3)CC2)nn1. The number of nitrogens with zero attached hydrogens (tertiary/aromatic N) is 4. The number of aryl methyl sites for hydroxylation is 1. The summed E-state index contributed by atoms with van der Waals surface area (Å²) in [6, 6.07) is 8.84. The van der Waals surface area contributed by atoms with Crippen molar-refractivity contribution in [2.75, 3.05) is 13.1 Å². The Kier molecular flexibility index (Phi) is 4.53. The molecule has 1 aliphatic heterocycles. The van der Waals surface area contributed by atoms with Crippen LogP contribution < -0.4 is 5.73 Å². The summed E-state index contributed by atoms with van der Waals surface area (Å²) in [7, 11) is 0. The lowest BCUT2D eigenvalue weighted by atomic mass is 9.83. The van der Waals surface area contributed by atoms with Crippen LogP contribution in [0.5, 0.6) is 0 Å². The number of piperidine rings is 1. The molecule has 2 aromatic rings. The molecule has 2 aliphatic rings. The third-order valence-electron chi connectivity index (χ3n) is 5.61. The highest BCUT2D eigenvalue weighted by molar-refractivity contribution is 5.79. The van der Waals surface area contributed by atoms with E-state index in [0.29, 0.717) is 18.5 Å². The maximum absolute atomic E-state index is 12.9. The topological polar surface area (TPSA) is 77.0 Å². The van der Waals surface area contributed by atoms with Gasteiger partial charge in [0.2, 0.25) is 5.91 Å². The average molecular weight is 339 g/mol. The number of rotatable bonds is 3. The Morgan fingerprint density at radius 1 is 1.16 bits per heavy atom. The molecular formula is C19H25N5O. The zero-order valence-electron chi connectivity index (χ0n) is 14.5. The number of fused-ring (bicyclic) bond motifs is 1. The Balaban J connectivity index is 1.35. The lowest BCUT2D eigenvalue weighted by Gasteiger charge is -2.35. The lowest BCUT2D eigenvalue weighted by Crippen LogP contribution is -2.43. The summed E-state index contributed by atoms with van der Waals surface area (Å²) in [5.41, 5.74) is 9.18. The molecule has 0 radical (unpaired) electrons. The standard InChI is InChI=1S/C19H25N5O/c20-12-17-13-24(22-21-17)18-7-9-23(10-8-18)19(25)16-6-5-14-3-1-2-4-15(14)11-16/h1-4,13,16,18H,5-12,20H2. The molecule has 0 bridgehead atoms. The van der Waals surface area contributed by atoms with Crippen molar-refractivity contribution in [3.8, 4) is 0 Å². The third-order valence-corrected chi connectivity index (χ3v) is 5.61. The Bertz CT molecular complexity index is 748. The van der Waals surface area contributed by atoms with E-state index in [1.54, 1.807) is 0 Å². The van der Waals surface area contributed by atoms with Gasteiger partial charge in [0.15, 0.2) is 0 Å². The van der Waals surface area contributed by atoms with Crippen LogP contribution in [0.15, 0.2) is 30.5 Å². The van der Waals surface area contributed by atoms with E-state index in [-0.39, 0.29) is 5.92 Å². The van der Waals surface area contributed by atoms with Crippen LogP contribution in [0.4, 0.5) is 0 Å². The van der Waals surface area contributed by atoms with Gasteiger partial charge in [0.05, 0.1) is 17.9 Å². The first kappa shape index (κ1) is 16.3. The molecule has 4 rings (SSSR count). The number of carbonyl (C=O) groups is 1. The van der Waals surface area contributed by atoms with E-state index in [4.69, 9.17) is 5.73 Å². The van der Waals surface area contributed by atoms with Gasteiger partial charge in [-0.3, -0.25) is 4.79 Å². The summed E-state index contributed by atoms with van der Waals surface area (Å²) in [5.74, 6) is 0.468. The molecule has 1 unspecified atom stereocenters. The van der Waals surface area contributed by atoms with Crippen molar-refractivity contribution in [3.63, 3.8) is 0 Å². The van der Waals surface area contributed by atoms with Gasteiger partial charge in [-0.15, -0.1) is 5.10 Å². The Morgan fingerprint density at radius 3 is 2.64 bits per heavy atom. The molecule has 6 nitrogen and oxygen atoms in total. The molecule has 25 heavy (non-hydrogen) atoms. The fourth-order valence-corrected chi connectivity index (χ4v) is 4.10. The quantitative estimate of drug-likeness (QED) is 0.923. The van der Waals surface area contributed by atoms with Gasteiger partial charge >= 0.3 is 0 Å². The van der Waals surface area contributed by atoms with Gasteiger partial charge in [-0.1, -0.05) is 29.5 Å². The number of hydrogen-bond acceptors (Lipinski definition) is 4. The normalized spacial score (nSPS) is 21.2. The Morgan fingerprint density at radius 2 is 1.92 bits per heavy atom. The van der Waals surface area contributed by atoms with Crippen molar-refractivity contribution in [1.29, 1.82) is 0 Å². The second kappa shape index (κ2) is 6.96. The molecule has 1 aromatic heterocycles. The summed E-state index contributed by atoms with van der Waals surface area (Å²) < 4.78 is 1.92. The second-order valence-corrected chi connectivity index (χ2v) is 7.16. The first-order chi connectivity index (χ1) is 12.2. The molecule has 0 saturated carbocycles. The molecule has 2 heterocycles. The molecule has 0 spiro atoms. The first-order valence-electron chi connectivity index (χ1n) is 9.21. The van der Waals surface area contributed by atoms with Gasteiger partial charge < -0.3 is 10.6 Å². The van der Waals surface area contributed by atoms with E-state index < -0.39 is 0 Å². The molecule has 1 aliphatic carbocycles. The Labute approximate surface area is 148 Å². The van der Waals surface area contributed by atoms with Crippen LogP contribution in [0, 0.1) is 5.92 Å². The smallest absolute Gasteiger partial charge is 0.226 e. The van der Waals surface area contributed by atoms with Crippen LogP contribution in [-0.2, 0) is 24.2 Å². The van der Waals surface area contributed by atoms with Crippen molar-refractivity contribution >= 4 is 5.91 Å². The van der Waals surface area contributed by atoms with Gasteiger partial charge in [-0.2, -0.15) is 0 Å². The maximum Gasteiger partial charge on any atom is 0.226 e. The number of likely N-dealkylation sites (tertiary alicyclic amines) is 1. The second-order valence-electron chi connectivity index (χ2n) is 7.16.